The molecule has 0 unspecified atom stereocenters. The monoisotopic (exact) mass is 215 g/mol. The predicted octanol–water partition coefficient (Wildman–Crippen LogP) is 1.59. The zero-order valence-corrected chi connectivity index (χ0v) is 9.14. The summed E-state index contributed by atoms with van der Waals surface area (Å²) in [5, 5.41) is 4.25. The maximum absolute atomic E-state index is 11.2. The van der Waals surface area contributed by atoms with Crippen LogP contribution in [0.25, 0.3) is 0 Å². The minimum Gasteiger partial charge on any atom is -0.444 e. The van der Waals surface area contributed by atoms with Crippen molar-refractivity contribution in [1.29, 1.82) is 0 Å². The molecule has 0 bridgehead atoms. The van der Waals surface area contributed by atoms with Gasteiger partial charge < -0.3 is 4.74 Å². The highest BCUT2D eigenvalue weighted by Crippen LogP contribution is 2.07. The van der Waals surface area contributed by atoms with Gasteiger partial charge in [-0.05, 0) is 32.7 Å². The Morgan fingerprint density at radius 3 is 2.86 bits per heavy atom. The third kappa shape index (κ3) is 4.18. The van der Waals surface area contributed by atoms with Crippen LogP contribution in [0.4, 0.5) is 4.79 Å². The van der Waals surface area contributed by atoms with E-state index in [0.29, 0.717) is 5.96 Å². The van der Waals surface area contributed by atoms with Crippen LogP contribution in [0.15, 0.2) is 16.6 Å². The van der Waals surface area contributed by atoms with Gasteiger partial charge in [-0.1, -0.05) is 0 Å². The molecule has 0 atom stereocenters. The van der Waals surface area contributed by atoms with Gasteiger partial charge in [-0.3, -0.25) is 10.0 Å². The van der Waals surface area contributed by atoms with Gasteiger partial charge >= 0.3 is 6.09 Å². The van der Waals surface area contributed by atoms with Gasteiger partial charge in [0.25, 0.3) is 0 Å². The zero-order chi connectivity index (χ0) is 10.6. The van der Waals surface area contributed by atoms with Crippen molar-refractivity contribution in [3.63, 3.8) is 0 Å². The number of amides is 1. The summed E-state index contributed by atoms with van der Waals surface area (Å²) in [7, 11) is 0. The second-order valence-corrected chi connectivity index (χ2v) is 4.32. The van der Waals surface area contributed by atoms with Crippen LogP contribution < -0.4 is 10.0 Å². The third-order valence-electron chi connectivity index (χ3n) is 1.11. The summed E-state index contributed by atoms with van der Waals surface area (Å²) in [5.41, 5.74) is -0.498. The van der Waals surface area contributed by atoms with E-state index in [-0.39, 0.29) is 0 Å². The summed E-state index contributed by atoms with van der Waals surface area (Å²) in [6, 6.07) is 0. The van der Waals surface area contributed by atoms with E-state index in [1.807, 2.05) is 0 Å². The molecule has 5 nitrogen and oxygen atoms in total. The van der Waals surface area contributed by atoms with Crippen LogP contribution in [-0.4, -0.2) is 17.7 Å². The van der Waals surface area contributed by atoms with Crippen LogP contribution in [0.1, 0.15) is 20.8 Å². The molecule has 0 saturated carbocycles. The molecular formula is C8H13N3O2S. The standard InChI is InChI=1S/C8H13N3O2S/c1-8(2,3)13-7(12)10-6-9-4-5-14-11-6/h4-5H,1-3H3,(H2,9,10,11,12). The minimum absolute atomic E-state index is 0.381. The second-order valence-electron chi connectivity index (χ2n) is 3.61. The quantitative estimate of drug-likeness (QED) is 0.602. The average Bonchev–Trinajstić information content (AvgIpc) is 2.02. The highest BCUT2D eigenvalue weighted by Gasteiger charge is 2.17. The molecule has 1 heterocycles. The topological polar surface area (TPSA) is 62.7 Å². The number of nitrogens with zero attached hydrogens (tertiary/aromatic N) is 1. The fourth-order valence-electron chi connectivity index (χ4n) is 0.710. The molecule has 0 saturated heterocycles. The van der Waals surface area contributed by atoms with E-state index in [1.54, 1.807) is 32.4 Å². The van der Waals surface area contributed by atoms with E-state index in [0.717, 1.165) is 0 Å². The smallest absolute Gasteiger partial charge is 0.414 e. The number of aliphatic imine (C=N–C) groups is 1. The predicted molar refractivity (Wildman–Crippen MR) is 56.7 cm³/mol. The van der Waals surface area contributed by atoms with Crippen LogP contribution in [0.2, 0.25) is 0 Å². The number of carbonyl (C=O) groups excluding carboxylic acids is 1. The normalized spacial score (nSPS) is 15.5. The Morgan fingerprint density at radius 1 is 1.64 bits per heavy atom. The highest BCUT2D eigenvalue weighted by atomic mass is 32.2. The van der Waals surface area contributed by atoms with Gasteiger partial charge in [0.2, 0.25) is 5.96 Å². The van der Waals surface area contributed by atoms with E-state index in [2.05, 4.69) is 15.0 Å². The van der Waals surface area contributed by atoms with Gasteiger partial charge in [0.05, 0.1) is 0 Å². The summed E-state index contributed by atoms with van der Waals surface area (Å²) >= 11 is 1.33. The maximum atomic E-state index is 11.2. The molecule has 1 rings (SSSR count). The first kappa shape index (κ1) is 10.9. The fourth-order valence-corrected chi connectivity index (χ4v) is 1.11. The van der Waals surface area contributed by atoms with Gasteiger partial charge in [0, 0.05) is 11.6 Å². The molecule has 14 heavy (non-hydrogen) atoms. The van der Waals surface area contributed by atoms with Crippen LogP contribution in [-0.2, 0) is 4.74 Å². The zero-order valence-electron chi connectivity index (χ0n) is 8.33. The number of guanidine groups is 1. The molecule has 2 N–H and O–H groups in total. The Kier molecular flexibility index (Phi) is 3.40. The number of carbonyl (C=O) groups is 1. The van der Waals surface area contributed by atoms with Crippen molar-refractivity contribution in [1.82, 2.24) is 10.0 Å². The van der Waals surface area contributed by atoms with Crippen molar-refractivity contribution in [2.75, 3.05) is 0 Å². The molecule has 0 aromatic carbocycles. The molecule has 0 radical (unpaired) electrons. The lowest BCUT2D eigenvalue weighted by molar-refractivity contribution is 0.0562. The molecule has 78 valence electrons. The van der Waals surface area contributed by atoms with Crippen molar-refractivity contribution in [2.24, 2.45) is 4.99 Å². The first-order valence-corrected chi connectivity index (χ1v) is 5.00. The highest BCUT2D eigenvalue weighted by molar-refractivity contribution is 8.00. The van der Waals surface area contributed by atoms with Gasteiger partial charge in [0.1, 0.15) is 5.60 Å². The Hall–Kier alpha value is -1.17. The molecule has 0 aromatic rings. The molecule has 0 aliphatic carbocycles. The summed E-state index contributed by atoms with van der Waals surface area (Å²) in [4.78, 5) is 15.1. The third-order valence-corrected chi connectivity index (χ3v) is 1.68. The lowest BCUT2D eigenvalue weighted by Crippen LogP contribution is -2.41. The van der Waals surface area contributed by atoms with Crippen molar-refractivity contribution in [3.8, 4) is 0 Å². The average molecular weight is 215 g/mol. The van der Waals surface area contributed by atoms with Gasteiger partial charge in [-0.25, -0.2) is 9.79 Å². The fraction of sp³-hybridized carbons (Fsp3) is 0.500. The number of alkyl carbamates (subject to hydrolysis) is 1. The van der Waals surface area contributed by atoms with Crippen LogP contribution in [0.3, 0.4) is 0 Å². The van der Waals surface area contributed by atoms with Crippen molar-refractivity contribution in [2.45, 2.75) is 26.4 Å². The van der Waals surface area contributed by atoms with E-state index < -0.39 is 11.7 Å². The van der Waals surface area contributed by atoms with E-state index >= 15 is 0 Å². The first-order chi connectivity index (χ1) is 6.47. The van der Waals surface area contributed by atoms with Crippen molar-refractivity contribution < 1.29 is 9.53 Å². The van der Waals surface area contributed by atoms with E-state index in [4.69, 9.17) is 4.74 Å². The Morgan fingerprint density at radius 2 is 2.36 bits per heavy atom. The first-order valence-electron chi connectivity index (χ1n) is 4.12. The van der Waals surface area contributed by atoms with Crippen LogP contribution >= 0.6 is 11.9 Å². The molecule has 1 aliphatic rings. The maximum Gasteiger partial charge on any atom is 0.414 e. The van der Waals surface area contributed by atoms with Crippen molar-refractivity contribution >= 4 is 24.0 Å². The number of nitrogens with one attached hydrogen (secondary N) is 2. The Labute approximate surface area is 87.1 Å². The number of rotatable bonds is 0. The van der Waals surface area contributed by atoms with Crippen molar-refractivity contribution in [3.05, 3.63) is 11.6 Å². The van der Waals surface area contributed by atoms with E-state index in [1.165, 1.54) is 11.9 Å². The summed E-state index contributed by atoms with van der Waals surface area (Å²) in [6.07, 6.45) is 1.08. The largest absolute Gasteiger partial charge is 0.444 e. The Bertz CT molecular complexity index is 281. The molecule has 0 fully saturated rings. The minimum atomic E-state index is -0.514. The SMILES string of the molecule is CC(C)(C)OC(=O)NC1=NC=CSN1. The number of hydrogen-bond donors (Lipinski definition) is 2. The van der Waals surface area contributed by atoms with Crippen LogP contribution in [0, 0.1) is 0 Å². The molecule has 1 aliphatic heterocycles. The number of hydrogen-bond acceptors (Lipinski definition) is 5. The summed E-state index contributed by atoms with van der Waals surface area (Å²) in [5.74, 6) is 0.381. The summed E-state index contributed by atoms with van der Waals surface area (Å²) in [6.45, 7) is 5.41. The lowest BCUT2D eigenvalue weighted by Gasteiger charge is -2.20. The Balaban J connectivity index is 2.41. The molecule has 6 heteroatoms. The number of ether oxygens (including phenoxy) is 1. The van der Waals surface area contributed by atoms with E-state index in [9.17, 15) is 4.79 Å². The van der Waals surface area contributed by atoms with Gasteiger partial charge in [0.15, 0.2) is 0 Å². The molecular weight excluding hydrogens is 202 g/mol. The second kappa shape index (κ2) is 4.36. The summed E-state index contributed by atoms with van der Waals surface area (Å²) < 4.78 is 7.84. The molecule has 0 aromatic heterocycles. The van der Waals surface area contributed by atoms with Crippen LogP contribution in [0.5, 0.6) is 0 Å². The lowest BCUT2D eigenvalue weighted by atomic mass is 10.2. The van der Waals surface area contributed by atoms with Gasteiger partial charge in [-0.2, -0.15) is 0 Å². The molecule has 1 amide bonds. The van der Waals surface area contributed by atoms with Gasteiger partial charge in [-0.15, -0.1) is 0 Å². The molecule has 0 spiro atoms.